The first-order valence-electron chi connectivity index (χ1n) is 6.35. The summed E-state index contributed by atoms with van der Waals surface area (Å²) in [6, 6.07) is 5.24. The Morgan fingerprint density at radius 2 is 1.94 bits per heavy atom. The van der Waals surface area contributed by atoms with E-state index in [4.69, 9.17) is 4.74 Å². The molecule has 18 heavy (non-hydrogen) atoms. The van der Waals surface area contributed by atoms with Crippen molar-refractivity contribution < 1.29 is 9.13 Å². The number of hydrogen-bond acceptors (Lipinski definition) is 3. The molecule has 0 atom stereocenters. The Kier molecular flexibility index (Phi) is 3.88. The van der Waals surface area contributed by atoms with Crippen LogP contribution in [0.2, 0.25) is 0 Å². The minimum absolute atomic E-state index is 0.158. The second-order valence-electron chi connectivity index (χ2n) is 5.15. The van der Waals surface area contributed by atoms with E-state index in [1.165, 1.54) is 7.11 Å². The number of halogens is 1. The standard InChI is InChI=1S/C14H21FN2O/c1-14(2,17-8-6-16-7-9-17)11-4-5-13(18-3)12(15)10-11/h4-5,10,16H,6-9H2,1-3H3. The predicted molar refractivity (Wildman–Crippen MR) is 70.4 cm³/mol. The molecule has 1 aliphatic heterocycles. The van der Waals surface area contributed by atoms with Gasteiger partial charge in [-0.25, -0.2) is 4.39 Å². The number of nitrogens with one attached hydrogen (secondary N) is 1. The third-order valence-electron chi connectivity index (χ3n) is 3.77. The van der Waals surface area contributed by atoms with E-state index in [2.05, 4.69) is 24.1 Å². The van der Waals surface area contributed by atoms with Crippen LogP contribution in [0.25, 0.3) is 0 Å². The molecule has 0 aromatic heterocycles. The van der Waals surface area contributed by atoms with Crippen LogP contribution in [-0.2, 0) is 5.54 Å². The predicted octanol–water partition coefficient (Wildman–Crippen LogP) is 1.97. The summed E-state index contributed by atoms with van der Waals surface area (Å²) < 4.78 is 18.8. The van der Waals surface area contributed by atoms with E-state index in [9.17, 15) is 4.39 Å². The molecule has 1 N–H and O–H groups in total. The molecular weight excluding hydrogens is 231 g/mol. The molecule has 2 rings (SSSR count). The van der Waals surface area contributed by atoms with Crippen LogP contribution in [0.5, 0.6) is 5.75 Å². The van der Waals surface area contributed by atoms with Gasteiger partial charge in [0.25, 0.3) is 0 Å². The summed E-state index contributed by atoms with van der Waals surface area (Å²) >= 11 is 0. The molecule has 1 aromatic carbocycles. The topological polar surface area (TPSA) is 24.5 Å². The first-order valence-corrected chi connectivity index (χ1v) is 6.35. The van der Waals surface area contributed by atoms with Crippen molar-refractivity contribution >= 4 is 0 Å². The van der Waals surface area contributed by atoms with E-state index in [0.717, 1.165) is 31.7 Å². The Labute approximate surface area is 108 Å². The van der Waals surface area contributed by atoms with Gasteiger partial charge in [-0.05, 0) is 31.5 Å². The van der Waals surface area contributed by atoms with Crippen LogP contribution < -0.4 is 10.1 Å². The quantitative estimate of drug-likeness (QED) is 0.890. The normalized spacial score (nSPS) is 17.8. The van der Waals surface area contributed by atoms with Gasteiger partial charge >= 0.3 is 0 Å². The van der Waals surface area contributed by atoms with Crippen molar-refractivity contribution in [2.75, 3.05) is 33.3 Å². The monoisotopic (exact) mass is 252 g/mol. The van der Waals surface area contributed by atoms with Gasteiger partial charge in [-0.15, -0.1) is 0 Å². The highest BCUT2D eigenvalue weighted by Crippen LogP contribution is 2.30. The molecule has 1 aromatic rings. The average molecular weight is 252 g/mol. The van der Waals surface area contributed by atoms with E-state index >= 15 is 0 Å². The lowest BCUT2D eigenvalue weighted by molar-refractivity contribution is 0.102. The zero-order chi connectivity index (χ0) is 13.2. The summed E-state index contributed by atoms with van der Waals surface area (Å²) in [5.41, 5.74) is 0.831. The van der Waals surface area contributed by atoms with Crippen molar-refractivity contribution in [2.45, 2.75) is 19.4 Å². The van der Waals surface area contributed by atoms with Crippen LogP contribution in [-0.4, -0.2) is 38.2 Å². The Balaban J connectivity index is 2.25. The molecule has 1 fully saturated rings. The molecule has 1 heterocycles. The molecule has 0 radical (unpaired) electrons. The number of nitrogens with zero attached hydrogens (tertiary/aromatic N) is 1. The van der Waals surface area contributed by atoms with Gasteiger partial charge in [0, 0.05) is 31.7 Å². The van der Waals surface area contributed by atoms with Gasteiger partial charge in [-0.1, -0.05) is 6.07 Å². The maximum absolute atomic E-state index is 13.8. The first kappa shape index (κ1) is 13.3. The van der Waals surface area contributed by atoms with Gasteiger partial charge < -0.3 is 10.1 Å². The summed E-state index contributed by atoms with van der Waals surface area (Å²) in [7, 11) is 1.49. The molecule has 1 aliphatic rings. The Morgan fingerprint density at radius 1 is 1.28 bits per heavy atom. The van der Waals surface area contributed by atoms with Gasteiger partial charge in [-0.2, -0.15) is 0 Å². The minimum atomic E-state index is -0.293. The van der Waals surface area contributed by atoms with E-state index in [1.807, 2.05) is 6.07 Å². The molecule has 0 saturated carbocycles. The van der Waals surface area contributed by atoms with Crippen LogP contribution in [0.4, 0.5) is 4.39 Å². The van der Waals surface area contributed by atoms with Crippen LogP contribution in [0.3, 0.4) is 0 Å². The SMILES string of the molecule is COc1ccc(C(C)(C)N2CCNCC2)cc1F. The van der Waals surface area contributed by atoms with Gasteiger partial charge in [0.05, 0.1) is 7.11 Å². The first-order chi connectivity index (χ1) is 8.55. The maximum Gasteiger partial charge on any atom is 0.165 e. The largest absolute Gasteiger partial charge is 0.494 e. The molecule has 0 unspecified atom stereocenters. The smallest absolute Gasteiger partial charge is 0.165 e. The Hall–Kier alpha value is -1.13. The van der Waals surface area contributed by atoms with Gasteiger partial charge in [0.2, 0.25) is 0 Å². The van der Waals surface area contributed by atoms with Crippen LogP contribution in [0.1, 0.15) is 19.4 Å². The van der Waals surface area contributed by atoms with Crippen molar-refractivity contribution in [3.8, 4) is 5.75 Å². The molecule has 0 bridgehead atoms. The molecule has 0 spiro atoms. The minimum Gasteiger partial charge on any atom is -0.494 e. The fourth-order valence-electron chi connectivity index (χ4n) is 2.45. The van der Waals surface area contributed by atoms with Crippen LogP contribution in [0.15, 0.2) is 18.2 Å². The number of ether oxygens (including phenoxy) is 1. The summed E-state index contributed by atoms with van der Waals surface area (Å²) in [4.78, 5) is 2.38. The fourth-order valence-corrected chi connectivity index (χ4v) is 2.45. The third kappa shape index (κ3) is 2.49. The number of benzene rings is 1. The summed E-state index contributed by atoms with van der Waals surface area (Å²) in [5.74, 6) is 0.00747. The summed E-state index contributed by atoms with van der Waals surface area (Å²) in [6.07, 6.45) is 0. The highest BCUT2D eigenvalue weighted by molar-refractivity contribution is 5.33. The molecule has 0 amide bonds. The van der Waals surface area contributed by atoms with Crippen LogP contribution >= 0.6 is 0 Å². The molecular formula is C14H21FN2O. The second-order valence-corrected chi connectivity index (χ2v) is 5.15. The van der Waals surface area contributed by atoms with Gasteiger partial charge in [0.15, 0.2) is 11.6 Å². The maximum atomic E-state index is 13.8. The lowest BCUT2D eigenvalue weighted by Gasteiger charge is -2.41. The lowest BCUT2D eigenvalue weighted by atomic mass is 9.91. The van der Waals surface area contributed by atoms with Crippen molar-refractivity contribution in [3.63, 3.8) is 0 Å². The van der Waals surface area contributed by atoms with E-state index in [0.29, 0.717) is 5.75 Å². The second kappa shape index (κ2) is 5.24. The Bertz CT molecular complexity index is 414. The fraction of sp³-hybridized carbons (Fsp3) is 0.571. The van der Waals surface area contributed by atoms with Gasteiger partial charge in [0.1, 0.15) is 0 Å². The van der Waals surface area contributed by atoms with E-state index in [1.54, 1.807) is 12.1 Å². The van der Waals surface area contributed by atoms with Crippen molar-refractivity contribution in [1.82, 2.24) is 10.2 Å². The zero-order valence-corrected chi connectivity index (χ0v) is 11.3. The number of hydrogen-bond donors (Lipinski definition) is 1. The zero-order valence-electron chi connectivity index (χ0n) is 11.3. The number of rotatable bonds is 3. The third-order valence-corrected chi connectivity index (χ3v) is 3.77. The van der Waals surface area contributed by atoms with Crippen LogP contribution in [0, 0.1) is 5.82 Å². The number of methoxy groups -OCH3 is 1. The van der Waals surface area contributed by atoms with Crippen molar-refractivity contribution in [2.24, 2.45) is 0 Å². The van der Waals surface area contributed by atoms with E-state index in [-0.39, 0.29) is 11.4 Å². The molecule has 3 nitrogen and oxygen atoms in total. The highest BCUT2D eigenvalue weighted by Gasteiger charge is 2.30. The molecule has 100 valence electrons. The summed E-state index contributed by atoms with van der Waals surface area (Å²) in [5, 5.41) is 3.33. The molecule has 4 heteroatoms. The summed E-state index contributed by atoms with van der Waals surface area (Å²) in [6.45, 7) is 8.23. The van der Waals surface area contributed by atoms with Crippen molar-refractivity contribution in [3.05, 3.63) is 29.6 Å². The molecule has 0 aliphatic carbocycles. The van der Waals surface area contributed by atoms with Crippen molar-refractivity contribution in [1.29, 1.82) is 0 Å². The Morgan fingerprint density at radius 3 is 2.50 bits per heavy atom. The number of piperazine rings is 1. The highest BCUT2D eigenvalue weighted by atomic mass is 19.1. The lowest BCUT2D eigenvalue weighted by Crippen LogP contribution is -2.51. The average Bonchev–Trinajstić information content (AvgIpc) is 2.39. The van der Waals surface area contributed by atoms with Gasteiger partial charge in [-0.3, -0.25) is 4.90 Å². The molecule has 1 saturated heterocycles. The van der Waals surface area contributed by atoms with E-state index < -0.39 is 0 Å².